The average molecular weight is 302 g/mol. The largest absolute Gasteiger partial charge is 0.418 e. The quantitative estimate of drug-likeness (QED) is 0.811. The van der Waals surface area contributed by atoms with Crippen molar-refractivity contribution in [3.63, 3.8) is 0 Å². The molecule has 0 aromatic heterocycles. The minimum absolute atomic E-state index is 0.119. The molecule has 1 heterocycles. The van der Waals surface area contributed by atoms with Crippen molar-refractivity contribution in [3.05, 3.63) is 29.3 Å². The van der Waals surface area contributed by atoms with Crippen LogP contribution in [-0.4, -0.2) is 36.1 Å². The first-order valence-corrected chi connectivity index (χ1v) is 6.60. The minimum atomic E-state index is -4.58. The summed E-state index contributed by atoms with van der Waals surface area (Å²) in [5.74, 6) is -0.499. The van der Waals surface area contributed by atoms with Crippen molar-refractivity contribution in [1.29, 1.82) is 0 Å². The van der Waals surface area contributed by atoms with Crippen molar-refractivity contribution in [2.45, 2.75) is 32.2 Å². The molecule has 2 unspecified atom stereocenters. The third-order valence-electron chi connectivity index (χ3n) is 3.35. The number of carbonyl (C=O) groups is 1. The van der Waals surface area contributed by atoms with Crippen LogP contribution in [0.1, 0.15) is 29.8 Å². The Balaban J connectivity index is 2.32. The van der Waals surface area contributed by atoms with Crippen molar-refractivity contribution in [2.75, 3.05) is 18.8 Å². The molecular formula is C14H17F3N2O2. The second-order valence-corrected chi connectivity index (χ2v) is 5.23. The molecule has 1 aliphatic rings. The van der Waals surface area contributed by atoms with Gasteiger partial charge in [0.25, 0.3) is 5.91 Å². The molecule has 7 heteroatoms. The van der Waals surface area contributed by atoms with Gasteiger partial charge in [-0.05, 0) is 26.0 Å². The lowest BCUT2D eigenvalue weighted by molar-refractivity contribution is -0.136. The number of para-hydroxylation sites is 1. The van der Waals surface area contributed by atoms with E-state index in [2.05, 4.69) is 0 Å². The number of hydrogen-bond donors (Lipinski definition) is 1. The van der Waals surface area contributed by atoms with Crippen LogP contribution in [0.2, 0.25) is 0 Å². The number of amides is 1. The fourth-order valence-corrected chi connectivity index (χ4v) is 2.51. The second-order valence-electron chi connectivity index (χ2n) is 5.23. The predicted octanol–water partition coefficient (Wildman–Crippen LogP) is 2.54. The van der Waals surface area contributed by atoms with Gasteiger partial charge in [-0.2, -0.15) is 13.2 Å². The minimum Gasteiger partial charge on any atom is -0.398 e. The molecule has 0 spiro atoms. The zero-order valence-electron chi connectivity index (χ0n) is 11.8. The third kappa shape index (κ3) is 3.29. The maximum atomic E-state index is 12.8. The third-order valence-corrected chi connectivity index (χ3v) is 3.35. The number of carbonyl (C=O) groups excluding carboxylic acids is 1. The molecule has 1 fully saturated rings. The SMILES string of the molecule is CC1CN(C(=O)c2cccc(C(F)(F)F)c2N)CC(C)O1. The van der Waals surface area contributed by atoms with Crippen LogP contribution in [0.25, 0.3) is 0 Å². The lowest BCUT2D eigenvalue weighted by Crippen LogP contribution is -2.48. The zero-order chi connectivity index (χ0) is 15.8. The van der Waals surface area contributed by atoms with Gasteiger partial charge in [0.15, 0.2) is 0 Å². The number of nitrogen functional groups attached to an aromatic ring is 1. The maximum Gasteiger partial charge on any atom is 0.418 e. The van der Waals surface area contributed by atoms with Crippen LogP contribution in [-0.2, 0) is 10.9 Å². The van der Waals surface area contributed by atoms with Gasteiger partial charge in [0.1, 0.15) is 0 Å². The molecule has 1 amide bonds. The van der Waals surface area contributed by atoms with E-state index in [1.54, 1.807) is 0 Å². The lowest BCUT2D eigenvalue weighted by Gasteiger charge is -2.35. The smallest absolute Gasteiger partial charge is 0.398 e. The number of nitrogens with two attached hydrogens (primary N) is 1. The number of hydrogen-bond acceptors (Lipinski definition) is 3. The molecule has 1 saturated heterocycles. The van der Waals surface area contributed by atoms with E-state index in [-0.39, 0.29) is 17.8 Å². The highest BCUT2D eigenvalue weighted by Crippen LogP contribution is 2.35. The van der Waals surface area contributed by atoms with Crippen molar-refractivity contribution in [3.8, 4) is 0 Å². The molecule has 2 atom stereocenters. The van der Waals surface area contributed by atoms with E-state index in [1.807, 2.05) is 13.8 Å². The number of halogens is 3. The first kappa shape index (κ1) is 15.6. The summed E-state index contributed by atoms with van der Waals surface area (Å²) in [5.41, 5.74) is 3.92. The first-order valence-electron chi connectivity index (χ1n) is 6.60. The Labute approximate surface area is 120 Å². The molecule has 0 aliphatic carbocycles. The molecule has 4 nitrogen and oxygen atoms in total. The van der Waals surface area contributed by atoms with E-state index in [0.29, 0.717) is 13.1 Å². The summed E-state index contributed by atoms with van der Waals surface area (Å²) in [5, 5.41) is 0. The van der Waals surface area contributed by atoms with E-state index in [4.69, 9.17) is 10.5 Å². The lowest BCUT2D eigenvalue weighted by atomic mass is 10.0. The number of anilines is 1. The highest BCUT2D eigenvalue weighted by atomic mass is 19.4. The summed E-state index contributed by atoms with van der Waals surface area (Å²) in [6, 6.07) is 3.38. The molecule has 1 aromatic rings. The highest BCUT2D eigenvalue weighted by molar-refractivity contribution is 6.00. The fraction of sp³-hybridized carbons (Fsp3) is 0.500. The molecule has 2 N–H and O–H groups in total. The van der Waals surface area contributed by atoms with Crippen molar-refractivity contribution in [2.24, 2.45) is 0 Å². The second kappa shape index (κ2) is 5.55. The Hall–Kier alpha value is -1.76. The molecule has 1 aromatic carbocycles. The van der Waals surface area contributed by atoms with Crippen molar-refractivity contribution >= 4 is 11.6 Å². The fourth-order valence-electron chi connectivity index (χ4n) is 2.51. The van der Waals surface area contributed by atoms with E-state index in [1.165, 1.54) is 17.0 Å². The number of rotatable bonds is 1. The average Bonchev–Trinajstić information content (AvgIpc) is 2.35. The van der Waals surface area contributed by atoms with Crippen LogP contribution in [0.15, 0.2) is 18.2 Å². The van der Waals surface area contributed by atoms with Gasteiger partial charge in [0.2, 0.25) is 0 Å². The summed E-state index contributed by atoms with van der Waals surface area (Å²) >= 11 is 0. The predicted molar refractivity (Wildman–Crippen MR) is 71.8 cm³/mol. The van der Waals surface area contributed by atoms with Crippen LogP contribution in [0.5, 0.6) is 0 Å². The van der Waals surface area contributed by atoms with Crippen LogP contribution in [0.4, 0.5) is 18.9 Å². The molecule has 2 rings (SSSR count). The Bertz CT molecular complexity index is 536. The Morgan fingerprint density at radius 1 is 1.29 bits per heavy atom. The van der Waals surface area contributed by atoms with Crippen LogP contribution in [0, 0.1) is 0 Å². The molecule has 116 valence electrons. The first-order chi connectivity index (χ1) is 9.70. The van der Waals surface area contributed by atoms with Gasteiger partial charge in [-0.3, -0.25) is 4.79 Å². The van der Waals surface area contributed by atoms with Gasteiger partial charge in [-0.1, -0.05) is 6.07 Å². The topological polar surface area (TPSA) is 55.6 Å². The van der Waals surface area contributed by atoms with Crippen LogP contribution < -0.4 is 5.73 Å². The Morgan fingerprint density at radius 3 is 2.38 bits per heavy atom. The Morgan fingerprint density at radius 2 is 1.86 bits per heavy atom. The number of ether oxygens (including phenoxy) is 1. The van der Waals surface area contributed by atoms with Gasteiger partial charge in [0, 0.05) is 13.1 Å². The summed E-state index contributed by atoms with van der Waals surface area (Å²) in [7, 11) is 0. The molecular weight excluding hydrogens is 285 g/mol. The van der Waals surface area contributed by atoms with Crippen molar-refractivity contribution in [1.82, 2.24) is 4.90 Å². The van der Waals surface area contributed by atoms with E-state index < -0.39 is 23.3 Å². The molecule has 0 bridgehead atoms. The number of nitrogens with zero attached hydrogens (tertiary/aromatic N) is 1. The van der Waals surface area contributed by atoms with Crippen LogP contribution >= 0.6 is 0 Å². The summed E-state index contributed by atoms with van der Waals surface area (Å²) in [6.45, 7) is 4.29. The van der Waals surface area contributed by atoms with E-state index >= 15 is 0 Å². The van der Waals surface area contributed by atoms with Gasteiger partial charge in [-0.25, -0.2) is 0 Å². The van der Waals surface area contributed by atoms with E-state index in [9.17, 15) is 18.0 Å². The van der Waals surface area contributed by atoms with Crippen molar-refractivity contribution < 1.29 is 22.7 Å². The maximum absolute atomic E-state index is 12.8. The van der Waals surface area contributed by atoms with Gasteiger partial charge >= 0.3 is 6.18 Å². The number of alkyl halides is 3. The monoisotopic (exact) mass is 302 g/mol. The normalized spacial score (nSPS) is 23.2. The summed E-state index contributed by atoms with van der Waals surface area (Å²) < 4.78 is 44.0. The van der Waals surface area contributed by atoms with Gasteiger partial charge in [-0.15, -0.1) is 0 Å². The van der Waals surface area contributed by atoms with Gasteiger partial charge in [0.05, 0.1) is 29.0 Å². The van der Waals surface area contributed by atoms with Crippen LogP contribution in [0.3, 0.4) is 0 Å². The highest BCUT2D eigenvalue weighted by Gasteiger charge is 2.35. The molecule has 21 heavy (non-hydrogen) atoms. The number of benzene rings is 1. The molecule has 1 aliphatic heterocycles. The Kier molecular flexibility index (Phi) is 4.13. The molecule has 0 radical (unpaired) electrons. The van der Waals surface area contributed by atoms with Gasteiger partial charge < -0.3 is 15.4 Å². The summed E-state index contributed by atoms with van der Waals surface area (Å²) in [6.07, 6.45) is -4.90. The standard InChI is InChI=1S/C14H17F3N2O2/c1-8-6-19(7-9(2)21-8)13(20)10-4-3-5-11(12(10)18)14(15,16)17/h3-5,8-9H,6-7,18H2,1-2H3. The summed E-state index contributed by atoms with van der Waals surface area (Å²) in [4.78, 5) is 13.9. The zero-order valence-corrected chi connectivity index (χ0v) is 11.8. The molecule has 0 saturated carbocycles. The van der Waals surface area contributed by atoms with E-state index in [0.717, 1.165) is 6.07 Å². The number of morpholine rings is 1.